The van der Waals surface area contributed by atoms with E-state index in [4.69, 9.17) is 32.4 Å². The third kappa shape index (κ3) is 9.19. The minimum Gasteiger partial charge on any atom is -0.492 e. The van der Waals surface area contributed by atoms with Crippen LogP contribution in [0.15, 0.2) is 62.5 Å². The van der Waals surface area contributed by atoms with E-state index in [0.29, 0.717) is 46.8 Å². The monoisotopic (exact) mass is 621 g/mol. The van der Waals surface area contributed by atoms with Crippen molar-refractivity contribution in [1.82, 2.24) is 10.7 Å². The molecule has 202 valence electrons. The van der Waals surface area contributed by atoms with E-state index in [0.717, 1.165) is 15.6 Å². The van der Waals surface area contributed by atoms with Crippen molar-refractivity contribution in [2.24, 2.45) is 11.0 Å². The highest BCUT2D eigenvalue weighted by Gasteiger charge is 2.21. The number of halogens is 3. The summed E-state index contributed by atoms with van der Waals surface area (Å²) in [6, 6.07) is 13.8. The summed E-state index contributed by atoms with van der Waals surface area (Å²) >= 11 is 15.5. The Kier molecular flexibility index (Phi) is 11.2. The minimum atomic E-state index is -0.720. The number of rotatable bonds is 12. The van der Waals surface area contributed by atoms with E-state index in [2.05, 4.69) is 31.8 Å². The van der Waals surface area contributed by atoms with Gasteiger partial charge in [0.1, 0.15) is 23.3 Å². The van der Waals surface area contributed by atoms with Crippen molar-refractivity contribution >= 4 is 57.2 Å². The Bertz CT molecular complexity index is 1290. The summed E-state index contributed by atoms with van der Waals surface area (Å²) in [5, 5.41) is 7.74. The number of ether oxygens (including phenoxy) is 1. The zero-order chi connectivity index (χ0) is 27.7. The number of hydrazone groups is 1. The number of nitrogens with one attached hydrogen (secondary N) is 2. The largest absolute Gasteiger partial charge is 0.492 e. The van der Waals surface area contributed by atoms with Gasteiger partial charge in [-0.15, -0.1) is 0 Å². The summed E-state index contributed by atoms with van der Waals surface area (Å²) < 4.78 is 12.4. The van der Waals surface area contributed by atoms with Crippen LogP contribution in [0.25, 0.3) is 11.3 Å². The van der Waals surface area contributed by atoms with Gasteiger partial charge in [0.05, 0.1) is 17.8 Å². The van der Waals surface area contributed by atoms with Crippen molar-refractivity contribution in [3.63, 3.8) is 0 Å². The molecule has 0 aliphatic heterocycles. The summed E-state index contributed by atoms with van der Waals surface area (Å²) in [4.78, 5) is 25.3. The average Bonchev–Trinajstić information content (AvgIpc) is 3.30. The lowest BCUT2D eigenvalue weighted by molar-refractivity contribution is -0.129. The molecule has 2 aromatic carbocycles. The zero-order valence-electron chi connectivity index (χ0n) is 21.4. The molecule has 2 N–H and O–H groups in total. The van der Waals surface area contributed by atoms with E-state index in [1.807, 2.05) is 45.0 Å². The van der Waals surface area contributed by atoms with Crippen LogP contribution in [-0.4, -0.2) is 30.7 Å². The number of furan rings is 1. The number of benzene rings is 2. The normalized spacial score (nSPS) is 12.1. The van der Waals surface area contributed by atoms with Gasteiger partial charge in [-0.3, -0.25) is 9.59 Å². The molecule has 0 aliphatic carbocycles. The van der Waals surface area contributed by atoms with Gasteiger partial charge in [0.15, 0.2) is 0 Å². The molecule has 2 amide bonds. The highest BCUT2D eigenvalue weighted by atomic mass is 79.9. The van der Waals surface area contributed by atoms with Crippen LogP contribution in [0.4, 0.5) is 0 Å². The summed E-state index contributed by atoms with van der Waals surface area (Å²) in [5.41, 5.74) is 4.56. The average molecular weight is 623 g/mol. The maximum atomic E-state index is 12.8. The molecule has 0 radical (unpaired) electrons. The summed E-state index contributed by atoms with van der Waals surface area (Å²) in [6.45, 7) is 6.27. The highest BCUT2D eigenvalue weighted by Crippen LogP contribution is 2.30. The predicted molar refractivity (Wildman–Crippen MR) is 155 cm³/mol. The molecule has 0 saturated carbocycles. The van der Waals surface area contributed by atoms with Crippen LogP contribution in [0.3, 0.4) is 0 Å². The molecule has 0 unspecified atom stereocenters. The maximum absolute atomic E-state index is 12.8. The third-order valence-corrected chi connectivity index (χ3v) is 6.63. The molecule has 3 aromatic rings. The molecule has 38 heavy (non-hydrogen) atoms. The number of carbonyl (C=O) groups is 2. The first-order valence-corrected chi connectivity index (χ1v) is 13.7. The smallest absolute Gasteiger partial charge is 0.262 e. The first-order valence-electron chi connectivity index (χ1n) is 12.2. The number of aryl methyl sites for hydroxylation is 1. The number of amides is 2. The standard InChI is InChI=1S/C28H30BrCl2N3O4/c1-17(2)13-24(33-27(35)5-4-12-37-26-10-7-19(30)15-23(26)31)28(36)34-32-16-20-8-11-25(38-20)21-9-6-18(3)14-22(21)29/h6-11,14-17,24H,4-5,12-13H2,1-3H3,(H,33,35)(H,34,36)/b32-16-/t24-/m0/s1. The molecule has 1 atom stereocenters. The number of nitrogens with zero attached hydrogens (tertiary/aromatic N) is 1. The zero-order valence-corrected chi connectivity index (χ0v) is 24.5. The second-order valence-electron chi connectivity index (χ2n) is 9.20. The molecule has 0 spiro atoms. The van der Waals surface area contributed by atoms with Crippen molar-refractivity contribution in [2.45, 2.75) is 46.1 Å². The SMILES string of the molecule is Cc1ccc(-c2ccc(/C=N\NC(=O)[C@H](CC(C)C)NC(=O)CCCOc3ccc(Cl)cc3Cl)o2)c(Br)c1. The van der Waals surface area contributed by atoms with Crippen LogP contribution in [0.2, 0.25) is 10.0 Å². The second kappa shape index (κ2) is 14.4. The van der Waals surface area contributed by atoms with Gasteiger partial charge in [-0.05, 0) is 73.7 Å². The molecule has 0 aliphatic rings. The van der Waals surface area contributed by atoms with Crippen LogP contribution in [0.5, 0.6) is 5.75 Å². The highest BCUT2D eigenvalue weighted by molar-refractivity contribution is 9.10. The van der Waals surface area contributed by atoms with Gasteiger partial charge >= 0.3 is 0 Å². The lowest BCUT2D eigenvalue weighted by Gasteiger charge is -2.19. The van der Waals surface area contributed by atoms with Crippen LogP contribution in [0.1, 0.15) is 44.4 Å². The molecular weight excluding hydrogens is 593 g/mol. The van der Waals surface area contributed by atoms with Gasteiger partial charge in [0.2, 0.25) is 5.91 Å². The fourth-order valence-corrected chi connectivity index (χ4v) is 4.75. The molecule has 3 rings (SSSR count). The number of hydrogen-bond acceptors (Lipinski definition) is 5. The Morgan fingerprint density at radius 3 is 2.63 bits per heavy atom. The molecular formula is C28H30BrCl2N3O4. The van der Waals surface area contributed by atoms with E-state index in [1.54, 1.807) is 24.3 Å². The lowest BCUT2D eigenvalue weighted by Crippen LogP contribution is -2.46. The first-order chi connectivity index (χ1) is 18.1. The molecule has 7 nitrogen and oxygen atoms in total. The van der Waals surface area contributed by atoms with Crippen LogP contribution < -0.4 is 15.5 Å². The quantitative estimate of drug-likeness (QED) is 0.127. The fraction of sp³-hybridized carbons (Fsp3) is 0.321. The fourth-order valence-electron chi connectivity index (χ4n) is 3.60. The van der Waals surface area contributed by atoms with Crippen LogP contribution in [0, 0.1) is 12.8 Å². The van der Waals surface area contributed by atoms with Gasteiger partial charge < -0.3 is 14.5 Å². The molecule has 0 bridgehead atoms. The summed E-state index contributed by atoms with van der Waals surface area (Å²) in [5.74, 6) is 1.20. The Morgan fingerprint density at radius 2 is 1.92 bits per heavy atom. The number of carbonyl (C=O) groups excluding carboxylic acids is 2. The molecule has 1 aromatic heterocycles. The van der Waals surface area contributed by atoms with Crippen LogP contribution in [-0.2, 0) is 9.59 Å². The topological polar surface area (TPSA) is 92.9 Å². The maximum Gasteiger partial charge on any atom is 0.262 e. The van der Waals surface area contributed by atoms with Crippen molar-refractivity contribution < 1.29 is 18.7 Å². The molecule has 0 saturated heterocycles. The van der Waals surface area contributed by atoms with Crippen molar-refractivity contribution in [1.29, 1.82) is 0 Å². The van der Waals surface area contributed by atoms with Crippen molar-refractivity contribution in [3.05, 3.63) is 74.4 Å². The summed E-state index contributed by atoms with van der Waals surface area (Å²) in [7, 11) is 0. The predicted octanol–water partition coefficient (Wildman–Crippen LogP) is 7.16. The molecule has 10 heteroatoms. The number of hydrogen-bond donors (Lipinski definition) is 2. The second-order valence-corrected chi connectivity index (χ2v) is 10.9. The van der Waals surface area contributed by atoms with Gasteiger partial charge in [0, 0.05) is 21.5 Å². The van der Waals surface area contributed by atoms with Crippen molar-refractivity contribution in [3.8, 4) is 17.1 Å². The Hall–Kier alpha value is -2.81. The van der Waals surface area contributed by atoms with E-state index in [1.165, 1.54) is 6.21 Å². The van der Waals surface area contributed by atoms with Crippen LogP contribution >= 0.6 is 39.1 Å². The van der Waals surface area contributed by atoms with E-state index < -0.39 is 11.9 Å². The summed E-state index contributed by atoms with van der Waals surface area (Å²) in [6.07, 6.45) is 2.55. The Morgan fingerprint density at radius 1 is 1.13 bits per heavy atom. The van der Waals surface area contributed by atoms with Gasteiger partial charge in [-0.25, -0.2) is 5.43 Å². The van der Waals surface area contributed by atoms with E-state index >= 15 is 0 Å². The van der Waals surface area contributed by atoms with E-state index in [-0.39, 0.29) is 18.2 Å². The minimum absolute atomic E-state index is 0.186. The van der Waals surface area contributed by atoms with E-state index in [9.17, 15) is 9.59 Å². The van der Waals surface area contributed by atoms with Gasteiger partial charge in [-0.2, -0.15) is 5.10 Å². The third-order valence-electron chi connectivity index (χ3n) is 5.44. The lowest BCUT2D eigenvalue weighted by atomic mass is 10.0. The molecule has 0 fully saturated rings. The molecule has 1 heterocycles. The van der Waals surface area contributed by atoms with Gasteiger partial charge in [-0.1, -0.05) is 59.0 Å². The Balaban J connectivity index is 1.49. The Labute approximate surface area is 241 Å². The van der Waals surface area contributed by atoms with Crippen molar-refractivity contribution in [2.75, 3.05) is 6.61 Å². The van der Waals surface area contributed by atoms with Gasteiger partial charge in [0.25, 0.3) is 5.91 Å². The first kappa shape index (κ1) is 29.7.